The maximum atomic E-state index is 17.6. The third-order valence-electron chi connectivity index (χ3n) is 11.6. The summed E-state index contributed by atoms with van der Waals surface area (Å²) >= 11 is 0. The number of aliphatic hydroxyl groups is 1. The first-order valence-corrected chi connectivity index (χ1v) is 15.9. The molecule has 5 rings (SSSR count). The Balaban J connectivity index is 1.42. The second kappa shape index (κ2) is 11.6. The number of rotatable bonds is 10. The first-order valence-electron chi connectivity index (χ1n) is 15.9. The number of carbonyl (C=O) groups excluding carboxylic acids is 3. The largest absolute Gasteiger partial charge is 0.390 e. The number of fused-ring (bicyclic) bond motifs is 7. The average molecular weight is 623 g/mol. The van der Waals surface area contributed by atoms with Gasteiger partial charge >= 0.3 is 0 Å². The smallest absolute Gasteiger partial charge is 0.238 e. The molecule has 0 aromatic carbocycles. The summed E-state index contributed by atoms with van der Waals surface area (Å²) in [4.78, 5) is 42.4. The molecule has 0 radical (unpaired) electrons. The second-order valence-electron chi connectivity index (χ2n) is 14.3. The lowest BCUT2D eigenvalue weighted by molar-refractivity contribution is -0.235. The van der Waals surface area contributed by atoms with Gasteiger partial charge in [-0.25, -0.2) is 8.78 Å². The average Bonchev–Trinajstić information content (AvgIpc) is 3.43. The van der Waals surface area contributed by atoms with Gasteiger partial charge in [0.25, 0.3) is 0 Å². The predicted molar refractivity (Wildman–Crippen MR) is 158 cm³/mol. The summed E-state index contributed by atoms with van der Waals surface area (Å²) < 4.78 is 52.1. The number of aliphatic hydroxyl groups excluding tert-OH is 1. The van der Waals surface area contributed by atoms with E-state index in [-0.39, 0.29) is 56.7 Å². The Morgan fingerprint density at radius 3 is 2.57 bits per heavy atom. The quantitative estimate of drug-likeness (QED) is 0.369. The number of alkyl halides is 2. The van der Waals surface area contributed by atoms with Crippen molar-refractivity contribution < 1.29 is 42.5 Å². The molecule has 9 nitrogen and oxygen atoms in total. The van der Waals surface area contributed by atoms with Crippen LogP contribution in [0, 0.1) is 22.7 Å². The number of hydrogen-bond donors (Lipinski definition) is 1. The lowest BCUT2D eigenvalue weighted by Crippen LogP contribution is -2.71. The Labute approximate surface area is 258 Å². The predicted octanol–water partition coefficient (Wildman–Crippen LogP) is 3.54. The molecule has 3 saturated carbocycles. The molecule has 0 aromatic rings. The Hall–Kier alpha value is -2.05. The third-order valence-corrected chi connectivity index (χ3v) is 11.6. The number of ether oxygens (including phenoxy) is 3. The van der Waals surface area contributed by atoms with Crippen molar-refractivity contribution in [2.75, 3.05) is 34.0 Å². The van der Waals surface area contributed by atoms with Gasteiger partial charge in [0.15, 0.2) is 29.1 Å². The van der Waals surface area contributed by atoms with E-state index in [1.54, 1.807) is 14.0 Å². The van der Waals surface area contributed by atoms with Crippen molar-refractivity contribution in [3.05, 3.63) is 23.8 Å². The fraction of sp³-hybridized carbons (Fsp3) is 0.788. The number of Topliss-reactive ketones (excluding diaryl/α,β-unsaturated/α-hetero) is 1. The monoisotopic (exact) mass is 622 g/mol. The highest BCUT2D eigenvalue weighted by atomic mass is 19.1. The molecule has 1 unspecified atom stereocenters. The topological polar surface area (TPSA) is 106 Å². The van der Waals surface area contributed by atoms with E-state index >= 15 is 8.78 Å². The number of carbonyl (C=O) groups is 3. The molecule has 4 fully saturated rings. The summed E-state index contributed by atoms with van der Waals surface area (Å²) in [5.74, 6) is -2.46. The van der Waals surface area contributed by atoms with Gasteiger partial charge in [0, 0.05) is 29.8 Å². The zero-order valence-corrected chi connectivity index (χ0v) is 27.0. The third kappa shape index (κ3) is 4.75. The standard InChI is InChI=1S/C33H48F2N2O7/c1-8-9-29-43-27-14-21-22-13-24(34)23-12-20(38)10-11-30(23,4)32(22,35)25(39)15-31(21,5)33(27,44-29)26(40)17-42-18-37(7)28(41)16-36(6)19(2)3/h10-12,19,21-22,24-25,27,29,39H,8-9,13-18H2,1-7H3/t21-,22-,24-,25-,27+,29?,30-,31-,32-,33+/m0/s1. The minimum Gasteiger partial charge on any atom is -0.390 e. The van der Waals surface area contributed by atoms with Crippen LogP contribution in [0.2, 0.25) is 0 Å². The summed E-state index contributed by atoms with van der Waals surface area (Å²) in [6.07, 6.45) is 0.503. The van der Waals surface area contributed by atoms with E-state index in [2.05, 4.69) is 0 Å². The van der Waals surface area contributed by atoms with Crippen LogP contribution in [0.5, 0.6) is 0 Å². The highest BCUT2D eigenvalue weighted by Crippen LogP contribution is 2.72. The van der Waals surface area contributed by atoms with Crippen molar-refractivity contribution in [3.8, 4) is 0 Å². The molecule has 0 aromatic heterocycles. The van der Waals surface area contributed by atoms with Crippen molar-refractivity contribution in [1.29, 1.82) is 0 Å². The van der Waals surface area contributed by atoms with Crippen LogP contribution in [0.15, 0.2) is 23.8 Å². The van der Waals surface area contributed by atoms with E-state index in [0.29, 0.717) is 6.42 Å². The van der Waals surface area contributed by atoms with E-state index in [1.807, 2.05) is 39.6 Å². The molecule has 1 aliphatic heterocycles. The lowest BCUT2D eigenvalue weighted by atomic mass is 9.44. The number of likely N-dealkylation sites (N-methyl/N-ethyl adjacent to an activating group) is 2. The van der Waals surface area contributed by atoms with Gasteiger partial charge in [0.1, 0.15) is 19.5 Å². The maximum absolute atomic E-state index is 17.6. The van der Waals surface area contributed by atoms with Gasteiger partial charge in [-0.2, -0.15) is 0 Å². The minimum absolute atomic E-state index is 0.0533. The van der Waals surface area contributed by atoms with E-state index in [4.69, 9.17) is 14.2 Å². The molecule has 11 heteroatoms. The van der Waals surface area contributed by atoms with Gasteiger partial charge in [0.05, 0.1) is 18.8 Å². The Morgan fingerprint density at radius 1 is 1.20 bits per heavy atom. The van der Waals surface area contributed by atoms with Crippen LogP contribution in [0.25, 0.3) is 0 Å². The fourth-order valence-corrected chi connectivity index (χ4v) is 8.86. The number of allylic oxidation sites excluding steroid dienone is 4. The molecule has 1 N–H and O–H groups in total. The molecule has 44 heavy (non-hydrogen) atoms. The number of halogens is 2. The molecular weight excluding hydrogens is 574 g/mol. The Kier molecular flexibility index (Phi) is 8.81. The summed E-state index contributed by atoms with van der Waals surface area (Å²) in [5, 5.41) is 11.7. The molecule has 0 bridgehead atoms. The number of nitrogens with zero attached hydrogens (tertiary/aromatic N) is 2. The summed E-state index contributed by atoms with van der Waals surface area (Å²) in [6.45, 7) is 9.05. The van der Waals surface area contributed by atoms with Crippen LogP contribution in [0.1, 0.15) is 66.7 Å². The normalized spacial score (nSPS) is 42.5. The van der Waals surface area contributed by atoms with Gasteiger partial charge in [-0.15, -0.1) is 0 Å². The first kappa shape index (κ1) is 33.3. The van der Waals surface area contributed by atoms with Gasteiger partial charge < -0.3 is 24.2 Å². The second-order valence-corrected chi connectivity index (χ2v) is 14.3. The highest BCUT2D eigenvalue weighted by molar-refractivity contribution is 6.01. The summed E-state index contributed by atoms with van der Waals surface area (Å²) in [6, 6.07) is 0.185. The molecule has 0 spiro atoms. The van der Waals surface area contributed by atoms with Crippen LogP contribution in [0.4, 0.5) is 8.78 Å². The Bertz CT molecular complexity index is 1240. The van der Waals surface area contributed by atoms with E-state index in [1.165, 1.54) is 23.1 Å². The van der Waals surface area contributed by atoms with E-state index in [0.717, 1.165) is 6.42 Å². The maximum Gasteiger partial charge on any atom is 0.238 e. The van der Waals surface area contributed by atoms with Gasteiger partial charge in [-0.05, 0) is 77.1 Å². The highest BCUT2D eigenvalue weighted by Gasteiger charge is 2.80. The summed E-state index contributed by atoms with van der Waals surface area (Å²) in [5.41, 5.74) is -6.36. The van der Waals surface area contributed by atoms with Crippen molar-refractivity contribution in [3.63, 3.8) is 0 Å². The molecule has 10 atom stereocenters. The molecule has 1 amide bonds. The molecule has 246 valence electrons. The van der Waals surface area contributed by atoms with Crippen LogP contribution < -0.4 is 0 Å². The molecular formula is C33H48F2N2O7. The van der Waals surface area contributed by atoms with E-state index in [9.17, 15) is 19.5 Å². The van der Waals surface area contributed by atoms with Crippen LogP contribution in [0.3, 0.4) is 0 Å². The number of hydrogen-bond acceptors (Lipinski definition) is 8. The van der Waals surface area contributed by atoms with Crippen molar-refractivity contribution in [1.82, 2.24) is 9.80 Å². The van der Waals surface area contributed by atoms with Crippen molar-refractivity contribution in [2.45, 2.75) is 109 Å². The van der Waals surface area contributed by atoms with Crippen molar-refractivity contribution in [2.24, 2.45) is 22.7 Å². The first-order chi connectivity index (χ1) is 20.6. The van der Waals surface area contributed by atoms with Gasteiger partial charge in [0.2, 0.25) is 5.91 Å². The van der Waals surface area contributed by atoms with Gasteiger partial charge in [-0.3, -0.25) is 19.3 Å². The van der Waals surface area contributed by atoms with Crippen LogP contribution >= 0.6 is 0 Å². The van der Waals surface area contributed by atoms with Crippen LogP contribution in [-0.2, 0) is 28.6 Å². The Morgan fingerprint density at radius 2 is 1.91 bits per heavy atom. The molecule has 5 aliphatic rings. The fourth-order valence-electron chi connectivity index (χ4n) is 8.86. The van der Waals surface area contributed by atoms with Crippen molar-refractivity contribution >= 4 is 17.5 Å². The number of amides is 1. The lowest BCUT2D eigenvalue weighted by Gasteiger charge is -2.63. The van der Waals surface area contributed by atoms with Crippen LogP contribution in [-0.4, -0.2) is 108 Å². The summed E-state index contributed by atoms with van der Waals surface area (Å²) in [7, 11) is 3.46. The zero-order chi connectivity index (χ0) is 32.4. The number of ketones is 2. The van der Waals surface area contributed by atoms with E-state index < -0.39 is 70.2 Å². The molecule has 1 saturated heterocycles. The SMILES string of the molecule is CCCC1O[C@@H]2C[C@H]3[C@@H]4C[C@H](F)C5=CC(=O)C=C[C@]5(C)[C@@]4(F)[C@@H](O)C[C@]3(C)[C@]2(C(=O)COCN(C)C(=O)CN(C)C(C)C)O1. The minimum atomic E-state index is -2.27. The zero-order valence-electron chi connectivity index (χ0n) is 27.0. The molecule has 1 heterocycles. The van der Waals surface area contributed by atoms with Gasteiger partial charge in [-0.1, -0.05) is 26.3 Å². The molecule has 4 aliphatic carbocycles.